The van der Waals surface area contributed by atoms with Gasteiger partial charge in [-0.25, -0.2) is 4.79 Å². The molecule has 1 aromatic heterocycles. The van der Waals surface area contributed by atoms with Crippen molar-refractivity contribution in [3.8, 4) is 11.5 Å². The number of benzene rings is 2. The molecule has 2 N–H and O–H groups in total. The van der Waals surface area contributed by atoms with Gasteiger partial charge in [-0.1, -0.05) is 18.2 Å². The minimum absolute atomic E-state index is 0.280. The second-order valence-corrected chi connectivity index (χ2v) is 9.02. The van der Waals surface area contributed by atoms with Crippen LogP contribution in [-0.2, 0) is 17.7 Å². The maximum Gasteiger partial charge on any atom is 0.410 e. The zero-order valence-electron chi connectivity index (χ0n) is 20.3. The topological polar surface area (TPSA) is 106 Å². The molecule has 2 aromatic carbocycles. The molecule has 10 heteroatoms. The third-order valence-electron chi connectivity index (χ3n) is 5.73. The number of ether oxygens (including phenoxy) is 3. The smallest absolute Gasteiger partial charge is 0.410 e. The van der Waals surface area contributed by atoms with Gasteiger partial charge in [-0.3, -0.25) is 9.59 Å². The van der Waals surface area contributed by atoms with E-state index in [4.69, 9.17) is 14.2 Å². The molecule has 188 valence electrons. The maximum atomic E-state index is 13.6. The molecular formula is C26H27N3O6S. The molecule has 0 atom stereocenters. The first-order chi connectivity index (χ1) is 17.4. The van der Waals surface area contributed by atoms with E-state index in [0.717, 1.165) is 10.4 Å². The molecule has 2 heterocycles. The number of carbonyl (C=O) groups excluding carboxylic acids is 3. The molecule has 1 aliphatic heterocycles. The van der Waals surface area contributed by atoms with Crippen molar-refractivity contribution < 1.29 is 28.6 Å². The zero-order valence-corrected chi connectivity index (χ0v) is 21.1. The summed E-state index contributed by atoms with van der Waals surface area (Å²) in [5.41, 5.74) is 2.11. The summed E-state index contributed by atoms with van der Waals surface area (Å²) < 4.78 is 15.8. The van der Waals surface area contributed by atoms with Gasteiger partial charge in [-0.15, -0.1) is 11.3 Å². The Morgan fingerprint density at radius 3 is 2.47 bits per heavy atom. The lowest BCUT2D eigenvalue weighted by Crippen LogP contribution is -2.36. The van der Waals surface area contributed by atoms with Gasteiger partial charge in [0.1, 0.15) is 16.5 Å². The van der Waals surface area contributed by atoms with E-state index in [0.29, 0.717) is 52.8 Å². The zero-order chi connectivity index (χ0) is 25.7. The van der Waals surface area contributed by atoms with Crippen LogP contribution in [0.4, 0.5) is 15.5 Å². The molecule has 0 spiro atoms. The van der Waals surface area contributed by atoms with Crippen LogP contribution < -0.4 is 20.1 Å². The van der Waals surface area contributed by atoms with Gasteiger partial charge in [0.25, 0.3) is 11.8 Å². The SMILES string of the molecule is CCOC(=O)N1CCc2c(sc(NC(=O)c3ccccc3)c2C(=O)Nc2ccc(OC)cc2OC)C1. The Morgan fingerprint density at radius 1 is 1.00 bits per heavy atom. The molecule has 0 fully saturated rings. The Kier molecular flexibility index (Phi) is 7.74. The molecule has 0 aliphatic carbocycles. The molecule has 0 radical (unpaired) electrons. The summed E-state index contributed by atoms with van der Waals surface area (Å²) in [4.78, 5) is 41.2. The van der Waals surface area contributed by atoms with Crippen LogP contribution in [-0.4, -0.2) is 50.2 Å². The van der Waals surface area contributed by atoms with Gasteiger partial charge in [-0.2, -0.15) is 0 Å². The van der Waals surface area contributed by atoms with E-state index in [1.165, 1.54) is 18.4 Å². The number of hydrogen-bond acceptors (Lipinski definition) is 7. The van der Waals surface area contributed by atoms with Crippen molar-refractivity contribution >= 4 is 39.9 Å². The van der Waals surface area contributed by atoms with Gasteiger partial charge in [0.05, 0.1) is 38.6 Å². The van der Waals surface area contributed by atoms with Crippen LogP contribution in [0.15, 0.2) is 48.5 Å². The second-order valence-electron chi connectivity index (χ2n) is 7.92. The fourth-order valence-electron chi connectivity index (χ4n) is 3.95. The Balaban J connectivity index is 1.68. The summed E-state index contributed by atoms with van der Waals surface area (Å²) in [7, 11) is 3.05. The molecule has 0 saturated carbocycles. The Bertz CT molecular complexity index is 1270. The number of methoxy groups -OCH3 is 2. The van der Waals surface area contributed by atoms with Gasteiger partial charge < -0.3 is 29.7 Å². The van der Waals surface area contributed by atoms with Crippen LogP contribution >= 0.6 is 11.3 Å². The number of rotatable bonds is 7. The van der Waals surface area contributed by atoms with E-state index in [1.54, 1.807) is 61.4 Å². The van der Waals surface area contributed by atoms with E-state index in [2.05, 4.69) is 10.6 Å². The number of carbonyl (C=O) groups is 3. The lowest BCUT2D eigenvalue weighted by Gasteiger charge is -2.26. The maximum absolute atomic E-state index is 13.6. The fourth-order valence-corrected chi connectivity index (χ4v) is 5.21. The average Bonchev–Trinajstić information content (AvgIpc) is 3.26. The van der Waals surface area contributed by atoms with Gasteiger partial charge in [0.2, 0.25) is 0 Å². The predicted octanol–water partition coefficient (Wildman–Crippen LogP) is 4.78. The van der Waals surface area contributed by atoms with Crippen LogP contribution in [0, 0.1) is 0 Å². The first-order valence-electron chi connectivity index (χ1n) is 11.4. The second kappa shape index (κ2) is 11.1. The summed E-state index contributed by atoms with van der Waals surface area (Å²) in [6.45, 7) is 2.74. The Morgan fingerprint density at radius 2 is 1.78 bits per heavy atom. The molecule has 1 aliphatic rings. The molecule has 3 amide bonds. The normalized spacial score (nSPS) is 12.4. The van der Waals surface area contributed by atoms with E-state index in [9.17, 15) is 14.4 Å². The number of nitrogens with one attached hydrogen (secondary N) is 2. The van der Waals surface area contributed by atoms with E-state index < -0.39 is 6.09 Å². The number of thiophene rings is 1. The van der Waals surface area contributed by atoms with Crippen molar-refractivity contribution in [2.75, 3.05) is 38.0 Å². The van der Waals surface area contributed by atoms with Gasteiger partial charge in [-0.05, 0) is 43.2 Å². The summed E-state index contributed by atoms with van der Waals surface area (Å²) >= 11 is 1.29. The van der Waals surface area contributed by atoms with Crippen molar-refractivity contribution in [2.24, 2.45) is 0 Å². The van der Waals surface area contributed by atoms with Crippen LogP contribution in [0.1, 0.15) is 38.1 Å². The largest absolute Gasteiger partial charge is 0.497 e. The third kappa shape index (κ3) is 5.28. The number of fused-ring (bicyclic) bond motifs is 1. The molecule has 9 nitrogen and oxygen atoms in total. The van der Waals surface area contributed by atoms with E-state index in [1.807, 2.05) is 6.07 Å². The lowest BCUT2D eigenvalue weighted by molar-refractivity contribution is 0.101. The number of hydrogen-bond donors (Lipinski definition) is 2. The van der Waals surface area contributed by atoms with Crippen LogP contribution in [0.3, 0.4) is 0 Å². The minimum atomic E-state index is -0.402. The van der Waals surface area contributed by atoms with Crippen LogP contribution in [0.2, 0.25) is 0 Å². The van der Waals surface area contributed by atoms with E-state index >= 15 is 0 Å². The van der Waals surface area contributed by atoms with Gasteiger partial charge in [0.15, 0.2) is 0 Å². The first kappa shape index (κ1) is 25.1. The molecule has 0 saturated heterocycles. The van der Waals surface area contributed by atoms with Crippen molar-refractivity contribution in [3.63, 3.8) is 0 Å². The third-order valence-corrected chi connectivity index (χ3v) is 6.86. The predicted molar refractivity (Wildman–Crippen MR) is 137 cm³/mol. The monoisotopic (exact) mass is 509 g/mol. The quantitative estimate of drug-likeness (QED) is 0.475. The number of amides is 3. The lowest BCUT2D eigenvalue weighted by atomic mass is 10.0. The van der Waals surface area contributed by atoms with Crippen molar-refractivity contribution in [2.45, 2.75) is 19.9 Å². The highest BCUT2D eigenvalue weighted by atomic mass is 32.1. The molecule has 0 unspecified atom stereocenters. The summed E-state index contributed by atoms with van der Waals surface area (Å²) in [5.74, 6) is 0.319. The highest BCUT2D eigenvalue weighted by Gasteiger charge is 2.31. The average molecular weight is 510 g/mol. The van der Waals surface area contributed by atoms with Crippen molar-refractivity contribution in [1.29, 1.82) is 0 Å². The molecule has 0 bridgehead atoms. The van der Waals surface area contributed by atoms with Crippen molar-refractivity contribution in [1.82, 2.24) is 4.90 Å². The first-order valence-corrected chi connectivity index (χ1v) is 12.2. The fraction of sp³-hybridized carbons (Fsp3) is 0.269. The van der Waals surface area contributed by atoms with Crippen LogP contribution in [0.5, 0.6) is 11.5 Å². The molecule has 4 rings (SSSR count). The molecule has 36 heavy (non-hydrogen) atoms. The standard InChI is InChI=1S/C26H27N3O6S/c1-4-35-26(32)29-13-12-18-21(15-29)36-25(28-23(30)16-8-6-5-7-9-16)22(18)24(31)27-19-11-10-17(33-2)14-20(19)34-3/h5-11,14H,4,12-13,15H2,1-3H3,(H,27,31)(H,28,30). The van der Waals surface area contributed by atoms with E-state index in [-0.39, 0.29) is 18.4 Å². The Hall–Kier alpha value is -4.05. The summed E-state index contributed by atoms with van der Waals surface area (Å²) in [6.07, 6.45) is 0.0503. The van der Waals surface area contributed by atoms with Crippen molar-refractivity contribution in [3.05, 3.63) is 70.1 Å². The number of nitrogens with zero attached hydrogens (tertiary/aromatic N) is 1. The number of anilines is 2. The molecular weight excluding hydrogens is 482 g/mol. The highest BCUT2D eigenvalue weighted by Crippen LogP contribution is 2.39. The molecule has 3 aromatic rings. The highest BCUT2D eigenvalue weighted by molar-refractivity contribution is 7.17. The van der Waals surface area contributed by atoms with Gasteiger partial charge in [0, 0.05) is 23.1 Å². The van der Waals surface area contributed by atoms with Gasteiger partial charge >= 0.3 is 6.09 Å². The minimum Gasteiger partial charge on any atom is -0.497 e. The Labute approximate surface area is 213 Å². The summed E-state index contributed by atoms with van der Waals surface area (Å²) in [6, 6.07) is 13.9. The summed E-state index contributed by atoms with van der Waals surface area (Å²) in [5, 5.41) is 6.22. The van der Waals surface area contributed by atoms with Crippen LogP contribution in [0.25, 0.3) is 0 Å².